The molecule has 2 aromatic rings. The van der Waals surface area contributed by atoms with Crippen molar-refractivity contribution in [2.24, 2.45) is 0 Å². The Hall–Kier alpha value is -0.190. The van der Waals surface area contributed by atoms with E-state index in [1.165, 1.54) is 22.6 Å². The summed E-state index contributed by atoms with van der Waals surface area (Å²) in [7, 11) is 2.00. The molecule has 21 heavy (non-hydrogen) atoms. The lowest BCUT2D eigenvalue weighted by atomic mass is 10.0. The summed E-state index contributed by atoms with van der Waals surface area (Å²) in [5, 5.41) is 4.92. The first-order valence-corrected chi connectivity index (χ1v) is 9.71. The molecule has 1 aromatic carbocycles. The van der Waals surface area contributed by atoms with Gasteiger partial charge in [0.2, 0.25) is 0 Å². The lowest BCUT2D eigenvalue weighted by Gasteiger charge is -2.16. The Morgan fingerprint density at radius 2 is 2.05 bits per heavy atom. The van der Waals surface area contributed by atoms with Crippen molar-refractivity contribution in [3.63, 3.8) is 0 Å². The van der Waals surface area contributed by atoms with Crippen molar-refractivity contribution in [1.29, 1.82) is 0 Å². The second-order valence-electron chi connectivity index (χ2n) is 5.15. The van der Waals surface area contributed by atoms with Crippen LogP contribution in [-0.4, -0.2) is 12.8 Å². The number of likely N-dealkylation sites (N-methyl/N-ethyl adjacent to an activating group) is 1. The van der Waals surface area contributed by atoms with Crippen molar-refractivity contribution in [1.82, 2.24) is 5.32 Å². The molecule has 112 valence electrons. The molecule has 2 heterocycles. The molecule has 0 saturated carbocycles. The van der Waals surface area contributed by atoms with Crippen LogP contribution in [0.4, 0.5) is 0 Å². The first-order valence-electron chi connectivity index (χ1n) is 6.98. The maximum absolute atomic E-state index is 6.31. The monoisotopic (exact) mass is 357 g/mol. The van der Waals surface area contributed by atoms with Crippen molar-refractivity contribution in [2.45, 2.75) is 24.6 Å². The summed E-state index contributed by atoms with van der Waals surface area (Å²) in [6, 6.07) is 8.33. The third-order valence-corrected chi connectivity index (χ3v) is 6.88. The van der Waals surface area contributed by atoms with Gasteiger partial charge in [-0.2, -0.15) is 11.8 Å². The molecule has 3 rings (SSSR count). The summed E-state index contributed by atoms with van der Waals surface area (Å²) >= 11 is 16.6. The largest absolute Gasteiger partial charge is 0.312 e. The molecule has 0 saturated heterocycles. The van der Waals surface area contributed by atoms with Crippen molar-refractivity contribution < 1.29 is 0 Å². The van der Waals surface area contributed by atoms with E-state index in [0.29, 0.717) is 0 Å². The van der Waals surface area contributed by atoms with E-state index in [1.807, 2.05) is 48.3 Å². The molecule has 1 unspecified atom stereocenters. The van der Waals surface area contributed by atoms with Crippen LogP contribution in [0.15, 0.2) is 24.3 Å². The van der Waals surface area contributed by atoms with Gasteiger partial charge >= 0.3 is 0 Å². The van der Waals surface area contributed by atoms with E-state index in [-0.39, 0.29) is 6.04 Å². The van der Waals surface area contributed by atoms with Crippen LogP contribution >= 0.6 is 46.3 Å². The fourth-order valence-corrected chi connectivity index (χ4v) is 5.66. The quantitative estimate of drug-likeness (QED) is 0.791. The highest BCUT2D eigenvalue weighted by molar-refractivity contribution is 7.98. The molecule has 1 aromatic heterocycles. The number of aryl methyl sites for hydroxylation is 1. The molecule has 5 heteroatoms. The van der Waals surface area contributed by atoms with E-state index in [2.05, 4.69) is 11.4 Å². The first-order chi connectivity index (χ1) is 10.2. The van der Waals surface area contributed by atoms with E-state index in [1.54, 1.807) is 4.88 Å². The van der Waals surface area contributed by atoms with Crippen molar-refractivity contribution in [3.8, 4) is 0 Å². The standard InChI is InChI=1S/C16H17Cl2NS2/c1-19-14(8-11-12(17)3-2-4-13(11)18)16-7-10-9-20-6-5-15(10)21-16/h2-4,7,14,19H,5-6,8-9H2,1H3. The molecule has 0 radical (unpaired) electrons. The molecule has 0 spiro atoms. The summed E-state index contributed by atoms with van der Waals surface area (Å²) in [5.74, 6) is 2.39. The normalized spacial score (nSPS) is 15.8. The van der Waals surface area contributed by atoms with Crippen LogP contribution in [0.5, 0.6) is 0 Å². The van der Waals surface area contributed by atoms with Gasteiger partial charge in [-0.05, 0) is 55.0 Å². The van der Waals surface area contributed by atoms with Crippen LogP contribution in [0.1, 0.15) is 26.9 Å². The second kappa shape index (κ2) is 6.93. The molecule has 1 nitrogen and oxygen atoms in total. The maximum Gasteiger partial charge on any atom is 0.0454 e. The van der Waals surface area contributed by atoms with Gasteiger partial charge in [0.1, 0.15) is 0 Å². The van der Waals surface area contributed by atoms with E-state index < -0.39 is 0 Å². The molecule has 1 aliphatic rings. The number of rotatable bonds is 4. The molecule has 0 fully saturated rings. The van der Waals surface area contributed by atoms with Crippen molar-refractivity contribution in [2.75, 3.05) is 12.8 Å². The first kappa shape index (κ1) is 15.7. The van der Waals surface area contributed by atoms with E-state index in [0.717, 1.165) is 27.8 Å². The van der Waals surface area contributed by atoms with Gasteiger partial charge in [-0.3, -0.25) is 0 Å². The van der Waals surface area contributed by atoms with Gasteiger partial charge in [-0.1, -0.05) is 29.3 Å². The third-order valence-electron chi connectivity index (χ3n) is 3.81. The van der Waals surface area contributed by atoms with Crippen LogP contribution in [-0.2, 0) is 18.6 Å². The molecular weight excluding hydrogens is 341 g/mol. The topological polar surface area (TPSA) is 12.0 Å². The third kappa shape index (κ3) is 3.43. The zero-order valence-electron chi connectivity index (χ0n) is 11.8. The van der Waals surface area contributed by atoms with Crippen LogP contribution in [0.3, 0.4) is 0 Å². The van der Waals surface area contributed by atoms with Crippen molar-refractivity contribution >= 4 is 46.3 Å². The molecule has 1 N–H and O–H groups in total. The molecule has 0 amide bonds. The Labute approximate surface area is 144 Å². The Morgan fingerprint density at radius 3 is 2.71 bits per heavy atom. The molecule has 0 aliphatic carbocycles. The number of thiophene rings is 1. The second-order valence-corrected chi connectivity index (χ2v) is 8.23. The minimum atomic E-state index is 0.267. The van der Waals surface area contributed by atoms with Crippen LogP contribution in [0.25, 0.3) is 0 Å². The van der Waals surface area contributed by atoms with Crippen LogP contribution < -0.4 is 5.32 Å². The van der Waals surface area contributed by atoms with Gasteiger partial charge in [0, 0.05) is 31.6 Å². The van der Waals surface area contributed by atoms with Gasteiger partial charge in [-0.15, -0.1) is 11.3 Å². The van der Waals surface area contributed by atoms with Gasteiger partial charge < -0.3 is 5.32 Å². The molecule has 0 bridgehead atoms. The zero-order chi connectivity index (χ0) is 14.8. The number of nitrogens with one attached hydrogen (secondary N) is 1. The SMILES string of the molecule is CNC(Cc1c(Cl)cccc1Cl)c1cc2c(s1)CCSC2. The highest BCUT2D eigenvalue weighted by Gasteiger charge is 2.20. The van der Waals surface area contributed by atoms with Crippen LogP contribution in [0.2, 0.25) is 10.0 Å². The number of benzene rings is 1. The minimum absolute atomic E-state index is 0.267. The number of halogens is 2. The summed E-state index contributed by atoms with van der Waals surface area (Å²) < 4.78 is 0. The van der Waals surface area contributed by atoms with Gasteiger partial charge in [0.05, 0.1) is 0 Å². The van der Waals surface area contributed by atoms with Gasteiger partial charge in [0.15, 0.2) is 0 Å². The predicted molar refractivity (Wildman–Crippen MR) is 96.2 cm³/mol. The lowest BCUT2D eigenvalue weighted by molar-refractivity contribution is 0.602. The Kier molecular flexibility index (Phi) is 5.18. The molecule has 1 aliphatic heterocycles. The number of hydrogen-bond donors (Lipinski definition) is 1. The number of fused-ring (bicyclic) bond motifs is 1. The number of hydrogen-bond acceptors (Lipinski definition) is 3. The van der Waals surface area contributed by atoms with Gasteiger partial charge in [0.25, 0.3) is 0 Å². The Morgan fingerprint density at radius 1 is 1.29 bits per heavy atom. The van der Waals surface area contributed by atoms with Gasteiger partial charge in [-0.25, -0.2) is 0 Å². The fourth-order valence-electron chi connectivity index (χ4n) is 2.62. The average Bonchev–Trinajstić information content (AvgIpc) is 2.90. The average molecular weight is 358 g/mol. The summed E-state index contributed by atoms with van der Waals surface area (Å²) in [6.07, 6.45) is 2.02. The predicted octanol–water partition coefficient (Wildman–Crippen LogP) is 5.35. The Bertz CT molecular complexity index is 595. The fraction of sp³-hybridized carbons (Fsp3) is 0.375. The molecule has 1 atom stereocenters. The van der Waals surface area contributed by atoms with E-state index >= 15 is 0 Å². The van der Waals surface area contributed by atoms with E-state index in [4.69, 9.17) is 23.2 Å². The summed E-state index contributed by atoms with van der Waals surface area (Å²) in [6.45, 7) is 0. The number of thioether (sulfide) groups is 1. The summed E-state index contributed by atoms with van der Waals surface area (Å²) in [5.41, 5.74) is 2.54. The molecular formula is C16H17Cl2NS2. The highest BCUT2D eigenvalue weighted by Crippen LogP contribution is 2.37. The lowest BCUT2D eigenvalue weighted by Crippen LogP contribution is -2.18. The Balaban J connectivity index is 1.87. The maximum atomic E-state index is 6.31. The summed E-state index contributed by atoms with van der Waals surface area (Å²) in [4.78, 5) is 2.94. The van der Waals surface area contributed by atoms with Crippen molar-refractivity contribution in [3.05, 3.63) is 55.2 Å². The highest BCUT2D eigenvalue weighted by atomic mass is 35.5. The minimum Gasteiger partial charge on any atom is -0.312 e. The zero-order valence-corrected chi connectivity index (χ0v) is 14.9. The van der Waals surface area contributed by atoms with Crippen LogP contribution in [0, 0.1) is 0 Å². The smallest absolute Gasteiger partial charge is 0.0454 e. The van der Waals surface area contributed by atoms with E-state index in [9.17, 15) is 0 Å².